The summed E-state index contributed by atoms with van der Waals surface area (Å²) in [6, 6.07) is 7.72. The van der Waals surface area contributed by atoms with E-state index in [1.165, 1.54) is 16.9 Å². The van der Waals surface area contributed by atoms with E-state index in [0.717, 1.165) is 42.7 Å². The van der Waals surface area contributed by atoms with Gasteiger partial charge < -0.3 is 10.1 Å². The van der Waals surface area contributed by atoms with E-state index in [-0.39, 0.29) is 12.5 Å². The van der Waals surface area contributed by atoms with Gasteiger partial charge in [0, 0.05) is 17.0 Å². The number of amides is 3. The second-order valence-electron chi connectivity index (χ2n) is 7.03. The number of urea groups is 1. The van der Waals surface area contributed by atoms with Crippen LogP contribution in [0.5, 0.6) is 0 Å². The van der Waals surface area contributed by atoms with Crippen LogP contribution in [0.3, 0.4) is 0 Å². The minimum absolute atomic E-state index is 0.0227. The maximum atomic E-state index is 12.0. The molecule has 154 valence electrons. The molecule has 0 saturated heterocycles. The van der Waals surface area contributed by atoms with Gasteiger partial charge in [-0.25, -0.2) is 9.78 Å². The number of carbonyl (C=O) groups is 3. The second kappa shape index (κ2) is 10.2. The molecule has 0 unspecified atom stereocenters. The van der Waals surface area contributed by atoms with Crippen LogP contribution in [-0.2, 0) is 27.2 Å². The summed E-state index contributed by atoms with van der Waals surface area (Å²) in [5, 5.41) is 7.56. The molecule has 8 heteroatoms. The lowest BCUT2D eigenvalue weighted by atomic mass is 10.1. The first-order valence-corrected chi connectivity index (χ1v) is 10.7. The summed E-state index contributed by atoms with van der Waals surface area (Å²) in [5.74, 6) is -1.21. The third kappa shape index (κ3) is 6.39. The smallest absolute Gasteiger partial charge is 0.321 e. The lowest BCUT2D eigenvalue weighted by molar-refractivity contribution is -0.147. The summed E-state index contributed by atoms with van der Waals surface area (Å²) in [6.45, 7) is 1.61. The van der Waals surface area contributed by atoms with Crippen molar-refractivity contribution in [3.8, 4) is 10.6 Å². The molecule has 1 aliphatic carbocycles. The van der Waals surface area contributed by atoms with Crippen molar-refractivity contribution in [2.24, 2.45) is 0 Å². The molecular weight excluding hydrogens is 390 g/mol. The van der Waals surface area contributed by atoms with Crippen LogP contribution in [-0.4, -0.2) is 35.5 Å². The number of thiazole rings is 1. The molecule has 0 bridgehead atoms. The molecule has 1 heterocycles. The Bertz CT molecular complexity index is 857. The van der Waals surface area contributed by atoms with E-state index in [9.17, 15) is 14.4 Å². The number of esters is 1. The van der Waals surface area contributed by atoms with E-state index in [0.29, 0.717) is 5.69 Å². The molecule has 0 spiro atoms. The zero-order chi connectivity index (χ0) is 20.6. The first-order chi connectivity index (χ1) is 14.0. The number of carbonyl (C=O) groups excluding carboxylic acids is 3. The molecule has 1 saturated carbocycles. The number of ether oxygens (including phenoxy) is 1. The Kier molecular flexibility index (Phi) is 7.35. The summed E-state index contributed by atoms with van der Waals surface area (Å²) in [4.78, 5) is 39.9. The second-order valence-corrected chi connectivity index (χ2v) is 7.89. The SMILES string of the molecule is CCc1ccc(-c2nc(CC(=O)OCC(=O)NC(=O)NC3CCCC3)cs2)cc1. The Morgan fingerprint density at radius 1 is 1.17 bits per heavy atom. The highest BCUT2D eigenvalue weighted by atomic mass is 32.1. The number of benzene rings is 1. The average molecular weight is 416 g/mol. The van der Waals surface area contributed by atoms with E-state index in [2.05, 4.69) is 34.7 Å². The number of nitrogens with zero attached hydrogens (tertiary/aromatic N) is 1. The maximum absolute atomic E-state index is 12.0. The van der Waals surface area contributed by atoms with Crippen LogP contribution in [0.25, 0.3) is 10.6 Å². The Hall–Kier alpha value is -2.74. The van der Waals surface area contributed by atoms with Gasteiger partial charge in [0.05, 0.1) is 12.1 Å². The molecular formula is C21H25N3O4S. The highest BCUT2D eigenvalue weighted by molar-refractivity contribution is 7.13. The van der Waals surface area contributed by atoms with Crippen LogP contribution in [0, 0.1) is 0 Å². The van der Waals surface area contributed by atoms with Gasteiger partial charge in [-0.2, -0.15) is 0 Å². The van der Waals surface area contributed by atoms with Crippen LogP contribution in [0.1, 0.15) is 43.9 Å². The molecule has 3 amide bonds. The third-order valence-corrected chi connectivity index (χ3v) is 5.73. The van der Waals surface area contributed by atoms with Crippen molar-refractivity contribution in [3.05, 3.63) is 40.9 Å². The number of nitrogens with one attached hydrogen (secondary N) is 2. The number of rotatable bonds is 7. The molecule has 0 atom stereocenters. The molecule has 29 heavy (non-hydrogen) atoms. The predicted octanol–water partition coefficient (Wildman–Crippen LogP) is 3.23. The highest BCUT2D eigenvalue weighted by Gasteiger charge is 2.19. The quantitative estimate of drug-likeness (QED) is 0.677. The van der Waals surface area contributed by atoms with Crippen molar-refractivity contribution in [1.29, 1.82) is 0 Å². The van der Waals surface area contributed by atoms with Gasteiger partial charge in [0.2, 0.25) is 0 Å². The summed E-state index contributed by atoms with van der Waals surface area (Å²) in [5.41, 5.74) is 2.85. The average Bonchev–Trinajstić information content (AvgIpc) is 3.38. The minimum Gasteiger partial charge on any atom is -0.455 e. The van der Waals surface area contributed by atoms with Gasteiger partial charge in [0.1, 0.15) is 5.01 Å². The lowest BCUT2D eigenvalue weighted by Gasteiger charge is -2.12. The standard InChI is InChI=1S/C21H25N3O4S/c1-2-14-7-9-15(10-8-14)20-22-17(13-29-20)11-19(26)28-12-18(25)24-21(27)23-16-5-3-4-6-16/h7-10,13,16H,2-6,11-12H2,1H3,(H2,23,24,25,27). The fraction of sp³-hybridized carbons (Fsp3) is 0.429. The van der Waals surface area contributed by atoms with Gasteiger partial charge in [0.25, 0.3) is 5.91 Å². The Labute approximate surface area is 173 Å². The summed E-state index contributed by atoms with van der Waals surface area (Å²) in [7, 11) is 0. The number of hydrogen-bond donors (Lipinski definition) is 2. The van der Waals surface area contributed by atoms with E-state index in [1.807, 2.05) is 12.1 Å². The van der Waals surface area contributed by atoms with E-state index in [4.69, 9.17) is 4.74 Å². The number of imide groups is 1. The fourth-order valence-corrected chi connectivity index (χ4v) is 4.03. The van der Waals surface area contributed by atoms with Crippen LogP contribution in [0.4, 0.5) is 4.79 Å². The van der Waals surface area contributed by atoms with Crippen molar-refractivity contribution >= 4 is 29.2 Å². The van der Waals surface area contributed by atoms with Gasteiger partial charge in [0.15, 0.2) is 6.61 Å². The lowest BCUT2D eigenvalue weighted by Crippen LogP contribution is -2.45. The third-order valence-electron chi connectivity index (χ3n) is 4.79. The van der Waals surface area contributed by atoms with Crippen LogP contribution in [0.2, 0.25) is 0 Å². The van der Waals surface area contributed by atoms with Gasteiger partial charge in [-0.3, -0.25) is 14.9 Å². The van der Waals surface area contributed by atoms with Gasteiger partial charge >= 0.3 is 12.0 Å². The van der Waals surface area contributed by atoms with Crippen LogP contribution in [0.15, 0.2) is 29.6 Å². The van der Waals surface area contributed by atoms with Crippen LogP contribution < -0.4 is 10.6 Å². The molecule has 1 aromatic carbocycles. The molecule has 1 fully saturated rings. The van der Waals surface area contributed by atoms with Crippen molar-refractivity contribution < 1.29 is 19.1 Å². The number of aryl methyl sites for hydroxylation is 1. The topological polar surface area (TPSA) is 97.4 Å². The Morgan fingerprint density at radius 2 is 1.90 bits per heavy atom. The zero-order valence-corrected chi connectivity index (χ0v) is 17.2. The Balaban J connectivity index is 1.41. The van der Waals surface area contributed by atoms with E-state index in [1.54, 1.807) is 5.38 Å². The van der Waals surface area contributed by atoms with Crippen molar-refractivity contribution in [3.63, 3.8) is 0 Å². The van der Waals surface area contributed by atoms with Crippen molar-refractivity contribution in [2.45, 2.75) is 51.5 Å². The first kappa shape index (κ1) is 21.0. The maximum Gasteiger partial charge on any atom is 0.321 e. The monoisotopic (exact) mass is 415 g/mol. The van der Waals surface area contributed by atoms with Crippen LogP contribution >= 0.6 is 11.3 Å². The van der Waals surface area contributed by atoms with Gasteiger partial charge in [-0.1, -0.05) is 44.0 Å². The Morgan fingerprint density at radius 3 is 2.59 bits per heavy atom. The summed E-state index contributed by atoms with van der Waals surface area (Å²) < 4.78 is 4.96. The normalized spacial score (nSPS) is 13.8. The molecule has 1 aromatic heterocycles. The highest BCUT2D eigenvalue weighted by Crippen LogP contribution is 2.24. The summed E-state index contributed by atoms with van der Waals surface area (Å²) in [6.07, 6.45) is 4.97. The molecule has 0 aliphatic heterocycles. The van der Waals surface area contributed by atoms with Gasteiger partial charge in [-0.05, 0) is 24.8 Å². The predicted molar refractivity (Wildman–Crippen MR) is 111 cm³/mol. The van der Waals surface area contributed by atoms with E-state index >= 15 is 0 Å². The molecule has 2 aromatic rings. The minimum atomic E-state index is -0.649. The van der Waals surface area contributed by atoms with E-state index < -0.39 is 24.5 Å². The first-order valence-electron chi connectivity index (χ1n) is 9.83. The molecule has 7 nitrogen and oxygen atoms in total. The van der Waals surface area contributed by atoms with Crippen molar-refractivity contribution in [1.82, 2.24) is 15.6 Å². The largest absolute Gasteiger partial charge is 0.455 e. The molecule has 0 radical (unpaired) electrons. The molecule has 2 N–H and O–H groups in total. The number of aromatic nitrogens is 1. The fourth-order valence-electron chi connectivity index (χ4n) is 3.20. The number of hydrogen-bond acceptors (Lipinski definition) is 6. The molecule has 1 aliphatic rings. The molecule has 3 rings (SSSR count). The summed E-state index contributed by atoms with van der Waals surface area (Å²) >= 11 is 1.45. The van der Waals surface area contributed by atoms with Gasteiger partial charge in [-0.15, -0.1) is 11.3 Å². The van der Waals surface area contributed by atoms with Crippen molar-refractivity contribution in [2.75, 3.05) is 6.61 Å². The zero-order valence-electron chi connectivity index (χ0n) is 16.4.